The molecular formula is C21H18ClN3O2S. The lowest BCUT2D eigenvalue weighted by Crippen LogP contribution is -2.24. The summed E-state index contributed by atoms with van der Waals surface area (Å²) in [5, 5.41) is 6.94. The Labute approximate surface area is 171 Å². The summed E-state index contributed by atoms with van der Waals surface area (Å²) in [6.07, 6.45) is 2.53. The van der Waals surface area contributed by atoms with Gasteiger partial charge in [0.25, 0.3) is 5.91 Å². The van der Waals surface area contributed by atoms with E-state index in [1.165, 1.54) is 11.3 Å². The molecule has 1 aliphatic rings. The van der Waals surface area contributed by atoms with Crippen molar-refractivity contribution in [3.8, 4) is 0 Å². The lowest BCUT2D eigenvalue weighted by molar-refractivity contribution is -0.117. The Bertz CT molecular complexity index is 1000. The molecule has 0 saturated carbocycles. The number of nitrogens with one attached hydrogen (secondary N) is 2. The number of nitrogens with zero attached hydrogens (tertiary/aromatic N) is 1. The van der Waals surface area contributed by atoms with E-state index in [9.17, 15) is 9.59 Å². The molecule has 28 heavy (non-hydrogen) atoms. The quantitative estimate of drug-likeness (QED) is 0.626. The highest BCUT2D eigenvalue weighted by Gasteiger charge is 2.30. The van der Waals surface area contributed by atoms with Crippen molar-refractivity contribution in [3.63, 3.8) is 0 Å². The molecule has 1 aliphatic carbocycles. The summed E-state index contributed by atoms with van der Waals surface area (Å²) in [5.41, 5.74) is 2.05. The number of hydrogen-bond acceptors (Lipinski definition) is 4. The van der Waals surface area contributed by atoms with Gasteiger partial charge < -0.3 is 5.32 Å². The van der Waals surface area contributed by atoms with E-state index in [0.29, 0.717) is 21.4 Å². The van der Waals surface area contributed by atoms with Crippen LogP contribution in [0.15, 0.2) is 54.6 Å². The monoisotopic (exact) mass is 411 g/mol. The number of rotatable bonds is 4. The van der Waals surface area contributed by atoms with Crippen LogP contribution in [0.25, 0.3) is 0 Å². The van der Waals surface area contributed by atoms with Crippen molar-refractivity contribution in [2.24, 2.45) is 0 Å². The van der Waals surface area contributed by atoms with Crippen LogP contribution in [0.1, 0.15) is 39.7 Å². The van der Waals surface area contributed by atoms with Crippen molar-refractivity contribution in [3.05, 3.63) is 75.8 Å². The molecule has 2 N–H and O–H groups in total. The zero-order chi connectivity index (χ0) is 19.5. The zero-order valence-corrected chi connectivity index (χ0v) is 16.5. The van der Waals surface area contributed by atoms with Crippen molar-refractivity contribution in [2.45, 2.75) is 25.2 Å². The molecule has 142 valence electrons. The van der Waals surface area contributed by atoms with Gasteiger partial charge in [-0.15, -0.1) is 11.3 Å². The van der Waals surface area contributed by atoms with E-state index in [-0.39, 0.29) is 17.7 Å². The third-order valence-electron chi connectivity index (χ3n) is 4.64. The number of amides is 2. The molecule has 7 heteroatoms. The summed E-state index contributed by atoms with van der Waals surface area (Å²) in [6.45, 7) is 0. The number of carbonyl (C=O) groups is 2. The summed E-state index contributed by atoms with van der Waals surface area (Å²) in [7, 11) is 0. The van der Waals surface area contributed by atoms with Gasteiger partial charge in [-0.05, 0) is 55.7 Å². The SMILES string of the molecule is O=C(Nc1nc2c(s1)CCCC2C(=O)Nc1ccc(Cl)cc1)c1ccccc1. The third-order valence-corrected chi connectivity index (χ3v) is 5.94. The average molecular weight is 412 g/mol. The van der Waals surface area contributed by atoms with Gasteiger partial charge >= 0.3 is 0 Å². The molecule has 1 atom stereocenters. The number of thiazole rings is 1. The van der Waals surface area contributed by atoms with Crippen LogP contribution in [0.3, 0.4) is 0 Å². The van der Waals surface area contributed by atoms with Gasteiger partial charge in [-0.25, -0.2) is 4.98 Å². The van der Waals surface area contributed by atoms with Crippen LogP contribution in [0.2, 0.25) is 5.02 Å². The minimum atomic E-state index is -0.321. The smallest absolute Gasteiger partial charge is 0.257 e. The number of aryl methyl sites for hydroxylation is 1. The van der Waals surface area contributed by atoms with Gasteiger partial charge in [-0.3, -0.25) is 14.9 Å². The van der Waals surface area contributed by atoms with Crippen LogP contribution in [0.5, 0.6) is 0 Å². The van der Waals surface area contributed by atoms with Gasteiger partial charge in [0.15, 0.2) is 5.13 Å². The molecule has 4 rings (SSSR count). The maximum absolute atomic E-state index is 12.8. The standard InChI is InChI=1S/C21H18ClN3O2S/c22-14-9-11-15(12-10-14)23-20(27)16-7-4-8-17-18(16)24-21(28-17)25-19(26)13-5-2-1-3-6-13/h1-3,5-6,9-12,16H,4,7-8H2,(H,23,27)(H,24,25,26). The van der Waals surface area contributed by atoms with Crippen molar-refractivity contribution in [1.29, 1.82) is 0 Å². The topological polar surface area (TPSA) is 71.1 Å². The van der Waals surface area contributed by atoms with E-state index in [0.717, 1.165) is 29.8 Å². The van der Waals surface area contributed by atoms with Crippen LogP contribution in [-0.2, 0) is 11.2 Å². The molecule has 2 amide bonds. The first-order valence-electron chi connectivity index (χ1n) is 9.02. The fraction of sp³-hybridized carbons (Fsp3) is 0.190. The molecule has 0 bridgehead atoms. The maximum atomic E-state index is 12.8. The molecule has 1 heterocycles. The zero-order valence-electron chi connectivity index (χ0n) is 14.9. The Morgan fingerprint density at radius 1 is 1.04 bits per heavy atom. The number of benzene rings is 2. The number of carbonyl (C=O) groups excluding carboxylic acids is 2. The largest absolute Gasteiger partial charge is 0.326 e. The van der Waals surface area contributed by atoms with E-state index in [1.807, 2.05) is 18.2 Å². The number of hydrogen-bond donors (Lipinski definition) is 2. The molecular weight excluding hydrogens is 394 g/mol. The first kappa shape index (κ1) is 18.7. The van der Waals surface area contributed by atoms with Gasteiger partial charge in [0.2, 0.25) is 5.91 Å². The Balaban J connectivity index is 1.50. The molecule has 0 aliphatic heterocycles. The summed E-state index contributed by atoms with van der Waals surface area (Å²) >= 11 is 7.34. The second-order valence-corrected chi connectivity index (χ2v) is 8.11. The predicted molar refractivity (Wildman–Crippen MR) is 112 cm³/mol. The minimum absolute atomic E-state index is 0.0884. The van der Waals surface area contributed by atoms with Crippen molar-refractivity contribution in [2.75, 3.05) is 10.6 Å². The van der Waals surface area contributed by atoms with Gasteiger partial charge in [-0.1, -0.05) is 29.8 Å². The highest BCUT2D eigenvalue weighted by molar-refractivity contribution is 7.16. The van der Waals surface area contributed by atoms with E-state index < -0.39 is 0 Å². The van der Waals surface area contributed by atoms with Crippen LogP contribution < -0.4 is 10.6 Å². The average Bonchev–Trinajstić information content (AvgIpc) is 3.12. The van der Waals surface area contributed by atoms with Gasteiger partial charge in [0.1, 0.15) is 0 Å². The van der Waals surface area contributed by atoms with Gasteiger partial charge in [0.05, 0.1) is 11.6 Å². The highest BCUT2D eigenvalue weighted by Crippen LogP contribution is 2.37. The lowest BCUT2D eigenvalue weighted by atomic mass is 9.90. The number of anilines is 2. The van der Waals surface area contributed by atoms with E-state index in [1.54, 1.807) is 36.4 Å². The van der Waals surface area contributed by atoms with Gasteiger partial charge in [0, 0.05) is 21.2 Å². The van der Waals surface area contributed by atoms with Crippen LogP contribution in [0.4, 0.5) is 10.8 Å². The molecule has 1 unspecified atom stereocenters. The van der Waals surface area contributed by atoms with Crippen molar-refractivity contribution in [1.82, 2.24) is 4.98 Å². The molecule has 2 aromatic carbocycles. The molecule has 0 radical (unpaired) electrons. The van der Waals surface area contributed by atoms with Crippen molar-refractivity contribution < 1.29 is 9.59 Å². The number of halogens is 1. The Morgan fingerprint density at radius 3 is 2.54 bits per heavy atom. The van der Waals surface area contributed by atoms with E-state index >= 15 is 0 Å². The second kappa shape index (κ2) is 8.12. The number of aromatic nitrogens is 1. The summed E-state index contributed by atoms with van der Waals surface area (Å²) in [4.78, 5) is 30.8. The third kappa shape index (κ3) is 4.08. The number of fused-ring (bicyclic) bond motifs is 1. The highest BCUT2D eigenvalue weighted by atomic mass is 35.5. The fourth-order valence-corrected chi connectivity index (χ4v) is 4.43. The summed E-state index contributed by atoms with van der Waals surface area (Å²) in [5.74, 6) is -0.610. The summed E-state index contributed by atoms with van der Waals surface area (Å²) in [6, 6.07) is 16.0. The van der Waals surface area contributed by atoms with Crippen LogP contribution in [-0.4, -0.2) is 16.8 Å². The minimum Gasteiger partial charge on any atom is -0.326 e. The molecule has 0 spiro atoms. The molecule has 5 nitrogen and oxygen atoms in total. The maximum Gasteiger partial charge on any atom is 0.257 e. The predicted octanol–water partition coefficient (Wildman–Crippen LogP) is 5.11. The molecule has 3 aromatic rings. The Hall–Kier alpha value is -2.70. The van der Waals surface area contributed by atoms with Gasteiger partial charge in [-0.2, -0.15) is 0 Å². The first-order valence-corrected chi connectivity index (χ1v) is 10.2. The first-order chi connectivity index (χ1) is 13.6. The summed E-state index contributed by atoms with van der Waals surface area (Å²) < 4.78 is 0. The lowest BCUT2D eigenvalue weighted by Gasteiger charge is -2.20. The fourth-order valence-electron chi connectivity index (χ4n) is 3.25. The normalized spacial score (nSPS) is 15.5. The molecule has 0 fully saturated rings. The van der Waals surface area contributed by atoms with Crippen LogP contribution in [0, 0.1) is 0 Å². The Morgan fingerprint density at radius 2 is 1.79 bits per heavy atom. The second-order valence-electron chi connectivity index (χ2n) is 6.59. The van der Waals surface area contributed by atoms with Crippen LogP contribution >= 0.6 is 22.9 Å². The van der Waals surface area contributed by atoms with E-state index in [4.69, 9.17) is 11.6 Å². The van der Waals surface area contributed by atoms with E-state index in [2.05, 4.69) is 15.6 Å². The van der Waals surface area contributed by atoms with Crippen molar-refractivity contribution >= 4 is 45.6 Å². The molecule has 0 saturated heterocycles. The Kier molecular flexibility index (Phi) is 5.41. The molecule has 1 aromatic heterocycles.